The molecule has 7 aromatic rings. The van der Waals surface area contributed by atoms with Crippen molar-refractivity contribution < 1.29 is 36.5 Å². The standard InChI is InChI=1S/C22H23N3O4.C21H19F4N7.ClH/c1-4-16-6-5-7-17(12-16)25-22-18-13-20(28-10-8-26-2)21(29-11-9-27-3)14-19(18)23-15-24-22;1-31-10-17(13-2-3-16(22)15(8-13)21(23,24)25)29-19(31)12-4-6-32(7-5-12)20-14-9-28-30-18(14)26-11-27-20;/h1,5-7,12-15H,8-11H2,2-3H3,(H,23,24,25);2-3,8-12H,4-7H2,1H3,(H,26,27,28,30);1H. The number of hydrogen-bond donors (Lipinski definition) is 2. The minimum absolute atomic E-state index is 0. The van der Waals surface area contributed by atoms with Gasteiger partial charge >= 0.3 is 6.18 Å². The van der Waals surface area contributed by atoms with Crippen molar-refractivity contribution in [2.24, 2.45) is 7.05 Å². The summed E-state index contributed by atoms with van der Waals surface area (Å²) < 4.78 is 76.5. The Morgan fingerprint density at radius 2 is 1.61 bits per heavy atom. The molecule has 1 saturated heterocycles. The van der Waals surface area contributed by atoms with E-state index in [0.717, 1.165) is 77.2 Å². The maximum atomic E-state index is 13.6. The van der Waals surface area contributed by atoms with Crippen LogP contribution in [0.5, 0.6) is 11.5 Å². The molecule has 0 saturated carbocycles. The number of nitrogens with zero attached hydrogens (tertiary/aromatic N) is 8. The van der Waals surface area contributed by atoms with Gasteiger partial charge in [0.15, 0.2) is 17.1 Å². The van der Waals surface area contributed by atoms with E-state index < -0.39 is 17.6 Å². The highest BCUT2D eigenvalue weighted by Crippen LogP contribution is 2.37. The van der Waals surface area contributed by atoms with Gasteiger partial charge < -0.3 is 33.7 Å². The van der Waals surface area contributed by atoms with Crippen LogP contribution in [0.25, 0.3) is 33.2 Å². The van der Waals surface area contributed by atoms with Crippen LogP contribution < -0.4 is 19.7 Å². The second-order valence-electron chi connectivity index (χ2n) is 13.9. The number of piperidine rings is 1. The number of nitrogens with one attached hydrogen (secondary N) is 2. The van der Waals surface area contributed by atoms with Crippen molar-refractivity contribution in [3.63, 3.8) is 0 Å². The summed E-state index contributed by atoms with van der Waals surface area (Å²) in [7, 11) is 5.08. The van der Waals surface area contributed by atoms with Crippen molar-refractivity contribution in [1.82, 2.24) is 39.7 Å². The van der Waals surface area contributed by atoms with E-state index >= 15 is 0 Å². The molecule has 0 atom stereocenters. The van der Waals surface area contributed by atoms with Gasteiger partial charge in [0.25, 0.3) is 0 Å². The molecule has 0 bridgehead atoms. The molecule has 0 unspecified atom stereocenters. The van der Waals surface area contributed by atoms with Crippen molar-refractivity contribution in [1.29, 1.82) is 0 Å². The highest BCUT2D eigenvalue weighted by molar-refractivity contribution is 5.93. The molecule has 1 fully saturated rings. The number of terminal acetylenes is 1. The highest BCUT2D eigenvalue weighted by Gasteiger charge is 2.35. The lowest BCUT2D eigenvalue weighted by molar-refractivity contribution is -0.139. The molecule has 19 heteroatoms. The molecule has 1 aliphatic rings. The maximum Gasteiger partial charge on any atom is 0.419 e. The van der Waals surface area contributed by atoms with E-state index in [1.54, 1.807) is 26.6 Å². The first-order valence-corrected chi connectivity index (χ1v) is 19.2. The van der Waals surface area contributed by atoms with Crippen LogP contribution in [0.4, 0.5) is 34.9 Å². The third kappa shape index (κ3) is 10.5. The number of aromatic nitrogens is 8. The molecular formula is C43H43ClF4N10O4. The number of hydrogen-bond acceptors (Lipinski definition) is 12. The molecule has 0 spiro atoms. The summed E-state index contributed by atoms with van der Waals surface area (Å²) in [6, 6.07) is 14.2. The van der Waals surface area contributed by atoms with Crippen molar-refractivity contribution >= 4 is 51.7 Å². The summed E-state index contributed by atoms with van der Waals surface area (Å²) in [4.78, 5) is 24.1. The van der Waals surface area contributed by atoms with Gasteiger partial charge in [0.05, 0.1) is 41.6 Å². The van der Waals surface area contributed by atoms with Crippen LogP contribution in [0.15, 0.2) is 79.6 Å². The van der Waals surface area contributed by atoms with E-state index in [1.807, 2.05) is 48.0 Å². The van der Waals surface area contributed by atoms with E-state index in [0.29, 0.717) is 55.1 Å². The summed E-state index contributed by atoms with van der Waals surface area (Å²) in [6.45, 7) is 3.22. The van der Waals surface area contributed by atoms with Gasteiger partial charge in [0.1, 0.15) is 49.1 Å². The molecular weight excluding hydrogens is 832 g/mol. The summed E-state index contributed by atoms with van der Waals surface area (Å²) in [6.07, 6.45) is 8.76. The summed E-state index contributed by atoms with van der Waals surface area (Å²) in [5, 5.41) is 11.8. The Bertz CT molecular complexity index is 2640. The first-order chi connectivity index (χ1) is 29.6. The molecule has 62 heavy (non-hydrogen) atoms. The largest absolute Gasteiger partial charge is 0.487 e. The number of methoxy groups -OCH3 is 2. The number of H-pyrrole nitrogens is 1. The smallest absolute Gasteiger partial charge is 0.419 e. The molecule has 14 nitrogen and oxygen atoms in total. The summed E-state index contributed by atoms with van der Waals surface area (Å²) in [5.41, 5.74) is 2.37. The Balaban J connectivity index is 0.000000205. The van der Waals surface area contributed by atoms with Crippen LogP contribution in [-0.4, -0.2) is 93.4 Å². The third-order valence-corrected chi connectivity index (χ3v) is 9.95. The molecule has 324 valence electrons. The summed E-state index contributed by atoms with van der Waals surface area (Å²) >= 11 is 0. The molecule has 8 rings (SSSR count). The quantitative estimate of drug-likeness (QED) is 0.0655. The van der Waals surface area contributed by atoms with Gasteiger partial charge in [-0.1, -0.05) is 12.0 Å². The maximum absolute atomic E-state index is 13.6. The first kappa shape index (κ1) is 45.0. The van der Waals surface area contributed by atoms with Gasteiger partial charge in [-0.25, -0.2) is 29.3 Å². The minimum Gasteiger partial charge on any atom is -0.487 e. The van der Waals surface area contributed by atoms with E-state index in [2.05, 4.69) is 51.3 Å². The fourth-order valence-corrected chi connectivity index (χ4v) is 6.94. The SMILES string of the molecule is C#Cc1cccc(Nc2ncnc3cc(OCCOC)c(OCCOC)cc23)c1.Cl.Cn1cc(-c2ccc(F)c(C(F)(F)F)c2)nc1C1CCN(c2ncnc3[nH]ncc23)CC1. The van der Waals surface area contributed by atoms with Gasteiger partial charge in [-0.15, -0.1) is 18.8 Å². The number of aryl methyl sites for hydroxylation is 1. The van der Waals surface area contributed by atoms with Gasteiger partial charge in [0.2, 0.25) is 0 Å². The highest BCUT2D eigenvalue weighted by atomic mass is 35.5. The summed E-state index contributed by atoms with van der Waals surface area (Å²) in [5.74, 6) is 4.93. The molecule has 4 aromatic heterocycles. The number of ether oxygens (including phenoxy) is 4. The second kappa shape index (κ2) is 20.3. The number of halogens is 5. The van der Waals surface area contributed by atoms with Crippen LogP contribution in [0.2, 0.25) is 0 Å². The third-order valence-electron chi connectivity index (χ3n) is 9.95. The molecule has 1 aliphatic heterocycles. The van der Waals surface area contributed by atoms with E-state index in [4.69, 9.17) is 25.4 Å². The predicted molar refractivity (Wildman–Crippen MR) is 229 cm³/mol. The second-order valence-corrected chi connectivity index (χ2v) is 13.9. The Kier molecular flexibility index (Phi) is 14.8. The van der Waals surface area contributed by atoms with Crippen LogP contribution in [0, 0.1) is 18.2 Å². The molecule has 2 N–H and O–H groups in total. The zero-order valence-electron chi connectivity index (χ0n) is 33.9. The van der Waals surface area contributed by atoms with Gasteiger partial charge in [0, 0.05) is 74.7 Å². The van der Waals surface area contributed by atoms with Crippen LogP contribution in [-0.2, 0) is 22.7 Å². The fraction of sp³-hybridized carbons (Fsp3) is 0.302. The average Bonchev–Trinajstić information content (AvgIpc) is 3.91. The lowest BCUT2D eigenvalue weighted by Gasteiger charge is -2.32. The number of alkyl halides is 3. The minimum atomic E-state index is -4.76. The molecule has 0 radical (unpaired) electrons. The van der Waals surface area contributed by atoms with E-state index in [-0.39, 0.29) is 23.9 Å². The van der Waals surface area contributed by atoms with Crippen LogP contribution >= 0.6 is 12.4 Å². The van der Waals surface area contributed by atoms with Crippen LogP contribution in [0.1, 0.15) is 35.7 Å². The topological polar surface area (TPSA) is 150 Å². The Morgan fingerprint density at radius 1 is 0.887 bits per heavy atom. The number of rotatable bonds is 13. The number of imidazole rings is 1. The normalized spacial score (nSPS) is 13.0. The predicted octanol–water partition coefficient (Wildman–Crippen LogP) is 8.12. The van der Waals surface area contributed by atoms with Crippen molar-refractivity contribution in [2.45, 2.75) is 24.9 Å². The average molecular weight is 875 g/mol. The van der Waals surface area contributed by atoms with Crippen molar-refractivity contribution in [3.05, 3.63) is 102 Å². The molecule has 0 aliphatic carbocycles. The van der Waals surface area contributed by atoms with Crippen LogP contribution in [0.3, 0.4) is 0 Å². The lowest BCUT2D eigenvalue weighted by atomic mass is 9.96. The van der Waals surface area contributed by atoms with E-state index in [9.17, 15) is 17.6 Å². The monoisotopic (exact) mass is 874 g/mol. The zero-order chi connectivity index (χ0) is 42.9. The van der Waals surface area contributed by atoms with Gasteiger partial charge in [-0.05, 0) is 55.3 Å². The fourth-order valence-electron chi connectivity index (χ4n) is 6.94. The molecule has 0 amide bonds. The Labute approximate surface area is 360 Å². The number of benzene rings is 3. The number of aromatic amines is 1. The zero-order valence-corrected chi connectivity index (χ0v) is 34.8. The molecule has 5 heterocycles. The number of fused-ring (bicyclic) bond motifs is 2. The Hall–Kier alpha value is -6.55. The van der Waals surface area contributed by atoms with Crippen molar-refractivity contribution in [3.8, 4) is 35.1 Å². The molecule has 3 aromatic carbocycles. The number of anilines is 3. The van der Waals surface area contributed by atoms with Gasteiger partial charge in [-0.3, -0.25) is 5.10 Å². The Morgan fingerprint density at radius 3 is 2.32 bits per heavy atom. The van der Waals surface area contributed by atoms with E-state index in [1.165, 1.54) is 18.7 Å². The first-order valence-electron chi connectivity index (χ1n) is 19.2. The van der Waals surface area contributed by atoms with Gasteiger partial charge in [-0.2, -0.15) is 18.3 Å². The van der Waals surface area contributed by atoms with Crippen molar-refractivity contribution in [2.75, 3.05) is 64.0 Å². The lowest BCUT2D eigenvalue weighted by Crippen LogP contribution is -2.34.